The highest BCUT2D eigenvalue weighted by molar-refractivity contribution is 6.31. The summed E-state index contributed by atoms with van der Waals surface area (Å²) in [5, 5.41) is 7.30. The lowest BCUT2D eigenvalue weighted by atomic mass is 9.89. The number of likely N-dealkylation sites (N-methyl/N-ethyl adjacent to an activating group) is 1. The van der Waals surface area contributed by atoms with Gasteiger partial charge < -0.3 is 10.6 Å². The molecule has 4 atom stereocenters. The Hall–Kier alpha value is -0.890. The maximum Gasteiger partial charge on any atom is 0.238 e. The summed E-state index contributed by atoms with van der Waals surface area (Å²) in [7, 11) is 0. The number of halogens is 2. The fraction of sp³-hybridized carbons (Fsp3) is 0.632. The van der Waals surface area contributed by atoms with Crippen LogP contribution in [0, 0.1) is 5.92 Å². The van der Waals surface area contributed by atoms with Crippen LogP contribution in [0.3, 0.4) is 0 Å². The lowest BCUT2D eigenvalue weighted by Crippen LogP contribution is -2.50. The van der Waals surface area contributed by atoms with E-state index in [1.807, 2.05) is 24.3 Å². The van der Waals surface area contributed by atoms with Crippen molar-refractivity contribution in [3.63, 3.8) is 0 Å². The predicted molar refractivity (Wildman–Crippen MR) is 112 cm³/mol. The van der Waals surface area contributed by atoms with Gasteiger partial charge in [0, 0.05) is 30.1 Å². The Balaban J connectivity index is 0.00000261. The van der Waals surface area contributed by atoms with Gasteiger partial charge in [0.2, 0.25) is 5.91 Å². The molecule has 2 heterocycles. The number of benzene rings is 1. The molecule has 6 nitrogen and oxygen atoms in total. The topological polar surface area (TPSA) is 68.4 Å². The molecule has 1 amide bonds. The van der Waals surface area contributed by atoms with Crippen LogP contribution in [0.15, 0.2) is 24.3 Å². The highest BCUT2D eigenvalue weighted by Gasteiger charge is 2.41. The second-order valence-corrected chi connectivity index (χ2v) is 7.44. The fourth-order valence-corrected chi connectivity index (χ4v) is 4.39. The minimum atomic E-state index is -0.198. The van der Waals surface area contributed by atoms with Crippen molar-refractivity contribution in [2.45, 2.75) is 38.4 Å². The molecule has 0 spiro atoms. The lowest BCUT2D eigenvalue weighted by Gasteiger charge is -2.32. The van der Waals surface area contributed by atoms with E-state index in [9.17, 15) is 4.79 Å². The Morgan fingerprint density at radius 3 is 2.74 bits per heavy atom. The number of nitrogens with zero attached hydrogens (tertiary/aromatic N) is 1. The quantitative estimate of drug-likeness (QED) is 0.545. The van der Waals surface area contributed by atoms with Gasteiger partial charge >= 0.3 is 0 Å². The molecule has 2 fully saturated rings. The molecule has 0 aliphatic carbocycles. The Bertz CT molecular complexity index is 614. The van der Waals surface area contributed by atoms with Gasteiger partial charge in [-0.05, 0) is 37.7 Å². The first-order valence-corrected chi connectivity index (χ1v) is 10.0. The molecule has 3 rings (SSSR count). The highest BCUT2D eigenvalue weighted by Crippen LogP contribution is 2.27. The summed E-state index contributed by atoms with van der Waals surface area (Å²) in [6.45, 7) is 8.49. The first kappa shape index (κ1) is 22.4. The first-order valence-electron chi connectivity index (χ1n) is 9.63. The van der Waals surface area contributed by atoms with Crippen molar-refractivity contribution in [1.82, 2.24) is 26.4 Å². The van der Waals surface area contributed by atoms with E-state index in [2.05, 4.69) is 40.2 Å². The van der Waals surface area contributed by atoms with Crippen LogP contribution in [0.5, 0.6) is 0 Å². The molecule has 0 bridgehead atoms. The third-order valence-corrected chi connectivity index (χ3v) is 6.00. The summed E-state index contributed by atoms with van der Waals surface area (Å²) in [4.78, 5) is 15.2. The van der Waals surface area contributed by atoms with Crippen molar-refractivity contribution < 1.29 is 4.79 Å². The average molecular weight is 416 g/mol. The monoisotopic (exact) mass is 415 g/mol. The number of nitrogens with one attached hydrogen (secondary N) is 4. The molecule has 27 heavy (non-hydrogen) atoms. The van der Waals surface area contributed by atoms with Crippen molar-refractivity contribution in [2.75, 3.05) is 32.7 Å². The number of piperidine rings is 1. The number of carbonyl (C=O) groups excluding carboxylic acids is 1. The van der Waals surface area contributed by atoms with E-state index in [1.54, 1.807) is 0 Å². The van der Waals surface area contributed by atoms with Gasteiger partial charge in [0.15, 0.2) is 0 Å². The van der Waals surface area contributed by atoms with E-state index < -0.39 is 0 Å². The van der Waals surface area contributed by atoms with E-state index in [-0.39, 0.29) is 36.3 Å². The second-order valence-electron chi connectivity index (χ2n) is 7.03. The third-order valence-electron chi connectivity index (χ3n) is 5.65. The van der Waals surface area contributed by atoms with E-state index in [0.717, 1.165) is 43.2 Å². The van der Waals surface area contributed by atoms with Gasteiger partial charge in [-0.3, -0.25) is 15.1 Å². The SMILES string of the molecule is CCN(CC)C(CNC(=O)C1NNC2CCNCC21)c1ccccc1Cl.Cl. The molecule has 2 aliphatic heterocycles. The van der Waals surface area contributed by atoms with Crippen LogP contribution in [-0.4, -0.2) is 55.6 Å². The summed E-state index contributed by atoms with van der Waals surface area (Å²) in [5.41, 5.74) is 7.53. The van der Waals surface area contributed by atoms with Crippen LogP contribution in [0.1, 0.15) is 31.9 Å². The van der Waals surface area contributed by atoms with Crippen LogP contribution < -0.4 is 21.5 Å². The van der Waals surface area contributed by atoms with Crippen LogP contribution in [0.2, 0.25) is 5.02 Å². The normalized spacial score (nSPS) is 25.6. The van der Waals surface area contributed by atoms with E-state index in [1.165, 1.54) is 0 Å². The number of hydrogen-bond acceptors (Lipinski definition) is 5. The molecule has 0 saturated carbocycles. The maximum atomic E-state index is 12.8. The van der Waals surface area contributed by atoms with E-state index in [0.29, 0.717) is 12.6 Å². The van der Waals surface area contributed by atoms with E-state index in [4.69, 9.17) is 11.6 Å². The second kappa shape index (κ2) is 10.6. The Kier molecular flexibility index (Phi) is 8.79. The first-order chi connectivity index (χ1) is 12.7. The number of hydrazine groups is 1. The number of hydrogen-bond donors (Lipinski definition) is 4. The van der Waals surface area contributed by atoms with Gasteiger partial charge in [0.05, 0.1) is 6.04 Å². The molecule has 2 aliphatic rings. The maximum absolute atomic E-state index is 12.8. The molecule has 2 saturated heterocycles. The Morgan fingerprint density at radius 1 is 1.30 bits per heavy atom. The van der Waals surface area contributed by atoms with Crippen LogP contribution in [0.4, 0.5) is 0 Å². The van der Waals surface area contributed by atoms with Crippen molar-refractivity contribution >= 4 is 29.9 Å². The fourth-order valence-electron chi connectivity index (χ4n) is 4.13. The zero-order chi connectivity index (χ0) is 18.5. The number of carbonyl (C=O) groups is 1. The average Bonchev–Trinajstić information content (AvgIpc) is 3.10. The summed E-state index contributed by atoms with van der Waals surface area (Å²) < 4.78 is 0. The van der Waals surface area contributed by atoms with Gasteiger partial charge in [0.1, 0.15) is 6.04 Å². The van der Waals surface area contributed by atoms with Crippen molar-refractivity contribution in [3.8, 4) is 0 Å². The number of amides is 1. The largest absolute Gasteiger partial charge is 0.353 e. The molecule has 0 radical (unpaired) electrons. The Labute approximate surface area is 173 Å². The van der Waals surface area contributed by atoms with Crippen LogP contribution in [0.25, 0.3) is 0 Å². The van der Waals surface area contributed by atoms with Gasteiger partial charge in [0.25, 0.3) is 0 Å². The molecule has 0 aromatic heterocycles. The molecule has 1 aromatic carbocycles. The molecular weight excluding hydrogens is 385 g/mol. The molecule has 152 valence electrons. The van der Waals surface area contributed by atoms with Crippen LogP contribution in [-0.2, 0) is 4.79 Å². The standard InChI is InChI=1S/C19H30ClN5O.ClH/c1-3-25(4-2)17(13-7-5-6-8-15(13)20)12-22-19(26)18-14-11-21-10-9-16(14)23-24-18;/h5-8,14,16-18,21,23-24H,3-4,9-12H2,1-2H3,(H,22,26);1H. The minimum absolute atomic E-state index is 0. The molecule has 1 aromatic rings. The summed E-state index contributed by atoms with van der Waals surface area (Å²) in [5.74, 6) is 0.342. The van der Waals surface area contributed by atoms with Crippen LogP contribution >= 0.6 is 24.0 Å². The lowest BCUT2D eigenvalue weighted by molar-refractivity contribution is -0.124. The summed E-state index contributed by atoms with van der Waals surface area (Å²) in [6.07, 6.45) is 1.04. The molecular formula is C19H31Cl2N5O. The summed E-state index contributed by atoms with van der Waals surface area (Å²) in [6, 6.07) is 8.14. The van der Waals surface area contributed by atoms with Crippen molar-refractivity contribution in [1.29, 1.82) is 0 Å². The van der Waals surface area contributed by atoms with E-state index >= 15 is 0 Å². The highest BCUT2D eigenvalue weighted by atomic mass is 35.5. The van der Waals surface area contributed by atoms with Gasteiger partial charge in [-0.25, -0.2) is 5.43 Å². The smallest absolute Gasteiger partial charge is 0.238 e. The zero-order valence-electron chi connectivity index (χ0n) is 16.0. The number of fused-ring (bicyclic) bond motifs is 1. The Morgan fingerprint density at radius 2 is 2.04 bits per heavy atom. The van der Waals surface area contributed by atoms with Gasteiger partial charge in [-0.2, -0.15) is 0 Å². The molecule has 8 heteroatoms. The molecule has 4 unspecified atom stereocenters. The predicted octanol–water partition coefficient (Wildman–Crippen LogP) is 1.72. The van der Waals surface area contributed by atoms with Gasteiger partial charge in [-0.1, -0.05) is 43.6 Å². The van der Waals surface area contributed by atoms with Crippen molar-refractivity contribution in [2.24, 2.45) is 5.92 Å². The number of rotatable bonds is 7. The molecule has 4 N–H and O–H groups in total. The van der Waals surface area contributed by atoms with Gasteiger partial charge in [-0.15, -0.1) is 12.4 Å². The summed E-state index contributed by atoms with van der Waals surface area (Å²) >= 11 is 6.44. The van der Waals surface area contributed by atoms with Crippen molar-refractivity contribution in [3.05, 3.63) is 34.9 Å². The third kappa shape index (κ3) is 5.13. The zero-order valence-corrected chi connectivity index (χ0v) is 17.6. The minimum Gasteiger partial charge on any atom is -0.353 e.